The number of aliphatic carboxylic acids is 1. The van der Waals surface area contributed by atoms with Crippen LogP contribution in [-0.2, 0) is 4.79 Å². The first-order chi connectivity index (χ1) is 11.3. The number of amides is 1. The summed E-state index contributed by atoms with van der Waals surface area (Å²) in [5.74, 6) is -2.09. The van der Waals surface area contributed by atoms with Crippen molar-refractivity contribution in [2.75, 3.05) is 6.54 Å². The van der Waals surface area contributed by atoms with Crippen molar-refractivity contribution in [3.05, 3.63) is 29.8 Å². The van der Waals surface area contributed by atoms with Gasteiger partial charge in [-0.3, -0.25) is 4.79 Å². The van der Waals surface area contributed by atoms with Crippen LogP contribution in [0, 0.1) is 11.8 Å². The highest BCUT2D eigenvalue weighted by molar-refractivity contribution is 5.97. The normalized spacial score (nSPS) is 26.3. The summed E-state index contributed by atoms with van der Waals surface area (Å²) in [6, 6.07) is 3.80. The molecule has 130 valence electrons. The molecule has 1 saturated carbocycles. The van der Waals surface area contributed by atoms with Crippen LogP contribution in [0.4, 0.5) is 13.2 Å². The number of alkyl halides is 3. The second-order valence-corrected chi connectivity index (χ2v) is 6.17. The minimum absolute atomic E-state index is 0.0111. The van der Waals surface area contributed by atoms with E-state index < -0.39 is 30.0 Å². The van der Waals surface area contributed by atoms with Gasteiger partial charge in [-0.1, -0.05) is 12.5 Å². The number of rotatable bonds is 3. The third-order valence-electron chi connectivity index (χ3n) is 4.72. The van der Waals surface area contributed by atoms with Gasteiger partial charge in [0.05, 0.1) is 0 Å². The molecule has 3 unspecified atom stereocenters. The van der Waals surface area contributed by atoms with Crippen molar-refractivity contribution in [1.82, 2.24) is 4.90 Å². The summed E-state index contributed by atoms with van der Waals surface area (Å²) >= 11 is 0. The van der Waals surface area contributed by atoms with E-state index in [9.17, 15) is 27.9 Å². The van der Waals surface area contributed by atoms with Crippen LogP contribution in [0.1, 0.15) is 29.6 Å². The standard InChI is InChI=1S/C16H16F3NO4/c17-16(18,19)24-11-5-1-3-9(7-11)14(21)20-8-10-4-2-6-12(10)13(20)15(22)23/h1,3,5,7,10,12-13H,2,4,6,8H2,(H,22,23). The van der Waals surface area contributed by atoms with E-state index in [0.29, 0.717) is 6.54 Å². The minimum atomic E-state index is -4.85. The van der Waals surface area contributed by atoms with Crippen LogP contribution >= 0.6 is 0 Å². The Morgan fingerprint density at radius 2 is 2.00 bits per heavy atom. The predicted molar refractivity (Wildman–Crippen MR) is 76.4 cm³/mol. The Kier molecular flexibility index (Phi) is 4.15. The quantitative estimate of drug-likeness (QED) is 0.916. The maximum atomic E-state index is 12.6. The largest absolute Gasteiger partial charge is 0.573 e. The van der Waals surface area contributed by atoms with Crippen molar-refractivity contribution in [3.63, 3.8) is 0 Å². The van der Waals surface area contributed by atoms with Gasteiger partial charge in [-0.25, -0.2) is 4.79 Å². The van der Waals surface area contributed by atoms with Crippen LogP contribution < -0.4 is 4.74 Å². The fraction of sp³-hybridized carbons (Fsp3) is 0.500. The van der Waals surface area contributed by atoms with E-state index >= 15 is 0 Å². The fourth-order valence-corrected chi connectivity index (χ4v) is 3.82. The maximum absolute atomic E-state index is 12.6. The molecular formula is C16H16F3NO4. The second kappa shape index (κ2) is 5.99. The summed E-state index contributed by atoms with van der Waals surface area (Å²) in [5, 5.41) is 9.47. The zero-order chi connectivity index (χ0) is 17.5. The maximum Gasteiger partial charge on any atom is 0.573 e. The Morgan fingerprint density at radius 3 is 2.67 bits per heavy atom. The van der Waals surface area contributed by atoms with E-state index in [4.69, 9.17) is 0 Å². The SMILES string of the molecule is O=C(O)C1C2CCCC2CN1C(=O)c1cccc(OC(F)(F)F)c1. The molecular weight excluding hydrogens is 327 g/mol. The zero-order valence-electron chi connectivity index (χ0n) is 12.6. The molecule has 3 rings (SSSR count). The number of carboxylic acids is 1. The molecule has 1 aromatic carbocycles. The lowest BCUT2D eigenvalue weighted by Crippen LogP contribution is -2.43. The number of carbonyl (C=O) groups excluding carboxylic acids is 1. The molecule has 1 heterocycles. The average Bonchev–Trinajstić information content (AvgIpc) is 3.04. The molecule has 1 N–H and O–H groups in total. The number of ether oxygens (including phenoxy) is 1. The average molecular weight is 343 g/mol. The number of carboxylic acid groups (broad SMARTS) is 1. The van der Waals surface area contributed by atoms with Crippen molar-refractivity contribution in [1.29, 1.82) is 0 Å². The molecule has 8 heteroatoms. The van der Waals surface area contributed by atoms with Crippen LogP contribution in [0.2, 0.25) is 0 Å². The van der Waals surface area contributed by atoms with Crippen LogP contribution in [0.25, 0.3) is 0 Å². The summed E-state index contributed by atoms with van der Waals surface area (Å²) in [6.45, 7) is 0.324. The highest BCUT2D eigenvalue weighted by atomic mass is 19.4. The first-order valence-corrected chi connectivity index (χ1v) is 7.66. The molecule has 5 nitrogen and oxygen atoms in total. The highest BCUT2D eigenvalue weighted by Crippen LogP contribution is 2.42. The van der Waals surface area contributed by atoms with E-state index in [-0.39, 0.29) is 17.4 Å². The first-order valence-electron chi connectivity index (χ1n) is 7.66. The number of likely N-dealkylation sites (tertiary alicyclic amines) is 1. The van der Waals surface area contributed by atoms with Gasteiger partial charge in [0, 0.05) is 12.1 Å². The van der Waals surface area contributed by atoms with Crippen molar-refractivity contribution in [2.24, 2.45) is 11.8 Å². The molecule has 2 aliphatic rings. The highest BCUT2D eigenvalue weighted by Gasteiger charge is 2.49. The van der Waals surface area contributed by atoms with E-state index in [1.54, 1.807) is 0 Å². The lowest BCUT2D eigenvalue weighted by Gasteiger charge is -2.24. The van der Waals surface area contributed by atoms with Gasteiger partial charge in [0.2, 0.25) is 0 Å². The van der Waals surface area contributed by atoms with E-state index in [1.165, 1.54) is 17.0 Å². The Bertz CT molecular complexity index is 661. The number of hydrogen-bond donors (Lipinski definition) is 1. The Labute approximate surface area is 136 Å². The number of halogens is 3. The third-order valence-corrected chi connectivity index (χ3v) is 4.72. The van der Waals surface area contributed by atoms with E-state index in [2.05, 4.69) is 4.74 Å². The van der Waals surface area contributed by atoms with Gasteiger partial charge in [-0.2, -0.15) is 0 Å². The molecule has 1 saturated heterocycles. The molecule has 0 radical (unpaired) electrons. The fourth-order valence-electron chi connectivity index (χ4n) is 3.82. The summed E-state index contributed by atoms with van der Waals surface area (Å²) in [7, 11) is 0. The summed E-state index contributed by atoms with van der Waals surface area (Å²) in [5.41, 5.74) is -0.0111. The Balaban J connectivity index is 1.83. The number of nitrogens with zero attached hydrogens (tertiary/aromatic N) is 1. The van der Waals surface area contributed by atoms with Crippen molar-refractivity contribution in [2.45, 2.75) is 31.7 Å². The van der Waals surface area contributed by atoms with Gasteiger partial charge in [0.25, 0.3) is 5.91 Å². The van der Waals surface area contributed by atoms with Gasteiger partial charge in [0.1, 0.15) is 11.8 Å². The summed E-state index contributed by atoms with van der Waals surface area (Å²) in [6.07, 6.45) is -2.29. The predicted octanol–water partition coefficient (Wildman–Crippen LogP) is 2.91. The number of fused-ring (bicyclic) bond motifs is 1. The van der Waals surface area contributed by atoms with E-state index in [1.807, 2.05) is 0 Å². The molecule has 1 aliphatic carbocycles. The molecule has 24 heavy (non-hydrogen) atoms. The molecule has 0 spiro atoms. The summed E-state index contributed by atoms with van der Waals surface area (Å²) in [4.78, 5) is 25.5. The van der Waals surface area contributed by atoms with Crippen molar-refractivity contribution in [3.8, 4) is 5.75 Å². The first kappa shape index (κ1) is 16.6. The van der Waals surface area contributed by atoms with Gasteiger partial charge < -0.3 is 14.7 Å². The number of carbonyl (C=O) groups is 2. The van der Waals surface area contributed by atoms with Crippen LogP contribution in [-0.4, -0.2) is 40.8 Å². The zero-order valence-corrected chi connectivity index (χ0v) is 12.6. The van der Waals surface area contributed by atoms with Gasteiger partial charge >= 0.3 is 12.3 Å². The van der Waals surface area contributed by atoms with Crippen LogP contribution in [0.3, 0.4) is 0 Å². The molecule has 2 fully saturated rings. The lowest BCUT2D eigenvalue weighted by molar-refractivity contribution is -0.274. The monoisotopic (exact) mass is 343 g/mol. The smallest absolute Gasteiger partial charge is 0.480 e. The van der Waals surface area contributed by atoms with E-state index in [0.717, 1.165) is 31.4 Å². The molecule has 1 amide bonds. The van der Waals surface area contributed by atoms with Crippen LogP contribution in [0.5, 0.6) is 5.75 Å². The molecule has 3 atom stereocenters. The minimum Gasteiger partial charge on any atom is -0.480 e. The van der Waals surface area contributed by atoms with Crippen molar-refractivity contribution >= 4 is 11.9 Å². The topological polar surface area (TPSA) is 66.8 Å². The number of benzene rings is 1. The Hall–Kier alpha value is -2.25. The molecule has 0 bridgehead atoms. The Morgan fingerprint density at radius 1 is 1.25 bits per heavy atom. The van der Waals surface area contributed by atoms with Crippen molar-refractivity contribution < 1.29 is 32.6 Å². The lowest BCUT2D eigenvalue weighted by atomic mass is 9.94. The molecule has 0 aromatic heterocycles. The number of hydrogen-bond acceptors (Lipinski definition) is 3. The van der Waals surface area contributed by atoms with Gasteiger partial charge in [-0.05, 0) is 42.9 Å². The molecule has 1 aliphatic heterocycles. The molecule has 1 aromatic rings. The van der Waals surface area contributed by atoms with Gasteiger partial charge in [0.15, 0.2) is 0 Å². The third kappa shape index (κ3) is 3.18. The second-order valence-electron chi connectivity index (χ2n) is 6.17. The van der Waals surface area contributed by atoms with Gasteiger partial charge in [-0.15, -0.1) is 13.2 Å². The summed E-state index contributed by atoms with van der Waals surface area (Å²) < 4.78 is 40.7. The van der Waals surface area contributed by atoms with Crippen LogP contribution in [0.15, 0.2) is 24.3 Å².